The number of aromatic nitrogens is 1. The van der Waals surface area contributed by atoms with Gasteiger partial charge in [-0.25, -0.2) is 9.36 Å². The SMILES string of the molecule is CC(C)(C)OC(=O)n1c(C(=O)C(F)(F)F)cc2ccccc21. The van der Waals surface area contributed by atoms with Gasteiger partial charge in [-0.05, 0) is 32.9 Å². The van der Waals surface area contributed by atoms with Gasteiger partial charge in [0.15, 0.2) is 0 Å². The smallest absolute Gasteiger partial charge is 0.443 e. The molecule has 0 unspecified atom stereocenters. The van der Waals surface area contributed by atoms with E-state index in [1.807, 2.05) is 0 Å². The van der Waals surface area contributed by atoms with Gasteiger partial charge in [-0.2, -0.15) is 13.2 Å². The number of rotatable bonds is 1. The highest BCUT2D eigenvalue weighted by Crippen LogP contribution is 2.27. The number of ether oxygens (including phenoxy) is 1. The molecule has 7 heteroatoms. The van der Waals surface area contributed by atoms with Crippen molar-refractivity contribution in [1.29, 1.82) is 0 Å². The van der Waals surface area contributed by atoms with Crippen molar-refractivity contribution in [1.82, 2.24) is 4.57 Å². The molecule has 0 spiro atoms. The summed E-state index contributed by atoms with van der Waals surface area (Å²) in [7, 11) is 0. The molecule has 2 aromatic rings. The summed E-state index contributed by atoms with van der Waals surface area (Å²) in [6, 6.07) is 7.17. The lowest BCUT2D eigenvalue weighted by atomic mass is 10.2. The molecule has 0 N–H and O–H groups in total. The van der Waals surface area contributed by atoms with Crippen LogP contribution in [0.2, 0.25) is 0 Å². The number of ketones is 1. The summed E-state index contributed by atoms with van der Waals surface area (Å²) >= 11 is 0. The highest BCUT2D eigenvalue weighted by Gasteiger charge is 2.42. The Balaban J connectivity index is 2.64. The third-order valence-electron chi connectivity index (χ3n) is 2.78. The summed E-state index contributed by atoms with van der Waals surface area (Å²) in [6.45, 7) is 4.76. The second-order valence-corrected chi connectivity index (χ2v) is 5.73. The van der Waals surface area contributed by atoms with Crippen LogP contribution in [0.3, 0.4) is 0 Å². The lowest BCUT2D eigenvalue weighted by molar-refractivity contribution is -0.0889. The van der Waals surface area contributed by atoms with E-state index in [0.29, 0.717) is 9.95 Å². The van der Waals surface area contributed by atoms with Gasteiger partial charge >= 0.3 is 12.3 Å². The molecular formula is C15H14F3NO3. The van der Waals surface area contributed by atoms with E-state index < -0.39 is 29.3 Å². The zero-order chi connectivity index (χ0) is 16.7. The van der Waals surface area contributed by atoms with Gasteiger partial charge in [0.1, 0.15) is 11.3 Å². The first kappa shape index (κ1) is 16.1. The number of nitrogens with zero attached hydrogens (tertiary/aromatic N) is 1. The molecule has 118 valence electrons. The van der Waals surface area contributed by atoms with Gasteiger partial charge in [-0.1, -0.05) is 18.2 Å². The van der Waals surface area contributed by atoms with Crippen molar-refractivity contribution in [3.63, 3.8) is 0 Å². The Kier molecular flexibility index (Phi) is 3.76. The fraction of sp³-hybridized carbons (Fsp3) is 0.333. The molecule has 0 amide bonds. The summed E-state index contributed by atoms with van der Waals surface area (Å²) in [5.74, 6) is -2.09. The first-order valence-electron chi connectivity index (χ1n) is 6.46. The van der Waals surface area contributed by atoms with Crippen LogP contribution in [0.4, 0.5) is 18.0 Å². The monoisotopic (exact) mass is 313 g/mol. The van der Waals surface area contributed by atoms with Gasteiger partial charge in [0, 0.05) is 5.39 Å². The second kappa shape index (κ2) is 5.15. The van der Waals surface area contributed by atoms with Crippen LogP contribution >= 0.6 is 0 Å². The molecular weight excluding hydrogens is 299 g/mol. The van der Waals surface area contributed by atoms with Crippen molar-refractivity contribution < 1.29 is 27.5 Å². The maximum Gasteiger partial charge on any atom is 0.456 e. The average Bonchev–Trinajstić information content (AvgIpc) is 2.73. The largest absolute Gasteiger partial charge is 0.456 e. The molecule has 0 saturated heterocycles. The average molecular weight is 313 g/mol. The van der Waals surface area contributed by atoms with Crippen LogP contribution in [0, 0.1) is 0 Å². The molecule has 0 aliphatic heterocycles. The number of hydrogen-bond donors (Lipinski definition) is 0. The van der Waals surface area contributed by atoms with E-state index in [2.05, 4.69) is 0 Å². The maximum atomic E-state index is 12.7. The van der Waals surface area contributed by atoms with Gasteiger partial charge in [0.05, 0.1) is 5.52 Å². The summed E-state index contributed by atoms with van der Waals surface area (Å²) in [5.41, 5.74) is -1.48. The number of hydrogen-bond acceptors (Lipinski definition) is 3. The maximum absolute atomic E-state index is 12.7. The predicted molar refractivity (Wildman–Crippen MR) is 74.0 cm³/mol. The van der Waals surface area contributed by atoms with Crippen molar-refractivity contribution >= 4 is 22.8 Å². The molecule has 0 saturated carbocycles. The predicted octanol–water partition coefficient (Wildman–Crippen LogP) is 4.17. The lowest BCUT2D eigenvalue weighted by Crippen LogP contribution is -2.31. The summed E-state index contributed by atoms with van der Waals surface area (Å²) in [4.78, 5) is 23.8. The molecule has 0 aliphatic carbocycles. The number of halogens is 3. The Labute approximate surface area is 124 Å². The standard InChI is InChI=1S/C15H14F3NO3/c1-14(2,3)22-13(21)19-10-7-5-4-6-9(10)8-11(19)12(20)15(16,17)18/h4-8H,1-3H3. The van der Waals surface area contributed by atoms with E-state index in [4.69, 9.17) is 4.74 Å². The van der Waals surface area contributed by atoms with Crippen LogP contribution in [0.25, 0.3) is 10.9 Å². The summed E-state index contributed by atoms with van der Waals surface area (Å²) in [6.07, 6.45) is -6.10. The summed E-state index contributed by atoms with van der Waals surface area (Å²) < 4.78 is 44.0. The first-order chi connectivity index (χ1) is 10.0. The zero-order valence-electron chi connectivity index (χ0n) is 12.2. The van der Waals surface area contributed by atoms with Gasteiger partial charge in [0.2, 0.25) is 0 Å². The minimum atomic E-state index is -5.08. The zero-order valence-corrected chi connectivity index (χ0v) is 12.2. The van der Waals surface area contributed by atoms with Gasteiger partial charge in [0.25, 0.3) is 5.78 Å². The van der Waals surface area contributed by atoms with E-state index in [-0.39, 0.29) is 5.52 Å². The molecule has 0 atom stereocenters. The van der Waals surface area contributed by atoms with Gasteiger partial charge in [-0.15, -0.1) is 0 Å². The minimum absolute atomic E-state index is 0.185. The van der Waals surface area contributed by atoms with E-state index in [0.717, 1.165) is 6.07 Å². The molecule has 22 heavy (non-hydrogen) atoms. The van der Waals surface area contributed by atoms with Crippen LogP contribution in [0.1, 0.15) is 31.3 Å². The van der Waals surface area contributed by atoms with Crippen LogP contribution in [0.5, 0.6) is 0 Å². The van der Waals surface area contributed by atoms with Crippen LogP contribution in [0.15, 0.2) is 30.3 Å². The fourth-order valence-corrected chi connectivity index (χ4v) is 1.97. The van der Waals surface area contributed by atoms with E-state index >= 15 is 0 Å². The van der Waals surface area contributed by atoms with Crippen molar-refractivity contribution in [2.75, 3.05) is 0 Å². The molecule has 4 nitrogen and oxygen atoms in total. The van der Waals surface area contributed by atoms with Crippen LogP contribution in [-0.4, -0.2) is 28.2 Å². The third-order valence-corrected chi connectivity index (χ3v) is 2.78. The van der Waals surface area contributed by atoms with Crippen molar-refractivity contribution in [3.05, 3.63) is 36.0 Å². The molecule has 1 aromatic carbocycles. The Bertz CT molecular complexity index is 739. The molecule has 1 heterocycles. The second-order valence-electron chi connectivity index (χ2n) is 5.73. The number of para-hydroxylation sites is 1. The Morgan fingerprint density at radius 2 is 1.68 bits per heavy atom. The Morgan fingerprint density at radius 3 is 2.23 bits per heavy atom. The van der Waals surface area contributed by atoms with Crippen molar-refractivity contribution in [2.24, 2.45) is 0 Å². The van der Waals surface area contributed by atoms with Crippen LogP contribution < -0.4 is 0 Å². The molecule has 1 aromatic heterocycles. The van der Waals surface area contributed by atoms with Gasteiger partial charge in [-0.3, -0.25) is 4.79 Å². The molecule has 0 fully saturated rings. The quantitative estimate of drug-likeness (QED) is 0.742. The molecule has 2 rings (SSSR count). The minimum Gasteiger partial charge on any atom is -0.443 e. The third kappa shape index (κ3) is 3.13. The lowest BCUT2D eigenvalue weighted by Gasteiger charge is -2.20. The Hall–Kier alpha value is -2.31. The summed E-state index contributed by atoms with van der Waals surface area (Å²) in [5, 5.41) is 0.348. The van der Waals surface area contributed by atoms with Crippen molar-refractivity contribution in [2.45, 2.75) is 32.5 Å². The number of fused-ring (bicyclic) bond motifs is 1. The molecule has 0 aliphatic rings. The number of carbonyl (C=O) groups is 2. The molecule has 0 radical (unpaired) electrons. The number of alkyl halides is 3. The van der Waals surface area contributed by atoms with Crippen molar-refractivity contribution in [3.8, 4) is 0 Å². The van der Waals surface area contributed by atoms with Crippen LogP contribution in [-0.2, 0) is 4.74 Å². The first-order valence-corrected chi connectivity index (χ1v) is 6.46. The highest BCUT2D eigenvalue weighted by atomic mass is 19.4. The van der Waals surface area contributed by atoms with E-state index in [9.17, 15) is 22.8 Å². The highest BCUT2D eigenvalue weighted by molar-refractivity contribution is 6.07. The van der Waals surface area contributed by atoms with Gasteiger partial charge < -0.3 is 4.74 Å². The van der Waals surface area contributed by atoms with E-state index in [1.165, 1.54) is 12.1 Å². The fourth-order valence-electron chi connectivity index (χ4n) is 1.97. The Morgan fingerprint density at radius 1 is 1.09 bits per heavy atom. The molecule has 0 bridgehead atoms. The number of Topliss-reactive ketones (excluding diaryl/α,β-unsaturated/α-hetero) is 1. The number of benzene rings is 1. The number of carbonyl (C=O) groups excluding carboxylic acids is 2. The normalized spacial score (nSPS) is 12.5. The topological polar surface area (TPSA) is 48.3 Å². The van der Waals surface area contributed by atoms with E-state index in [1.54, 1.807) is 32.9 Å².